The first-order valence-electron chi connectivity index (χ1n) is 5.10. The Morgan fingerprint density at radius 1 is 1.50 bits per heavy atom. The van der Waals surface area contributed by atoms with Gasteiger partial charge in [-0.15, -0.1) is 0 Å². The zero-order valence-electron chi connectivity index (χ0n) is 9.20. The Balaban J connectivity index is 2.47. The van der Waals surface area contributed by atoms with Gasteiger partial charge >= 0.3 is 5.69 Å². The summed E-state index contributed by atoms with van der Waals surface area (Å²) in [6.45, 7) is 1.79. The minimum Gasteiger partial charge on any atom is -0.326 e. The molecule has 5 nitrogen and oxygen atoms in total. The summed E-state index contributed by atoms with van der Waals surface area (Å²) >= 11 is 0. The van der Waals surface area contributed by atoms with E-state index in [4.69, 9.17) is 0 Å². The summed E-state index contributed by atoms with van der Waals surface area (Å²) < 4.78 is 1.51. The number of imidazole rings is 1. The lowest BCUT2D eigenvalue weighted by Gasteiger charge is -2.03. The predicted molar refractivity (Wildman–Crippen MR) is 62.5 cm³/mol. The molecule has 1 heterocycles. The maximum Gasteiger partial charge on any atom is 0.326 e. The maximum atomic E-state index is 11.3. The topological polar surface area (TPSA) is 66.9 Å². The first-order valence-corrected chi connectivity index (χ1v) is 5.10. The SMILES string of the molecule is CCC(=O)Nc1ccc2[nH]c(=O)n(C)c2c1. The fourth-order valence-electron chi connectivity index (χ4n) is 1.55. The van der Waals surface area contributed by atoms with Gasteiger partial charge in [-0.1, -0.05) is 6.92 Å². The maximum absolute atomic E-state index is 11.3. The van der Waals surface area contributed by atoms with E-state index in [1.807, 2.05) is 0 Å². The summed E-state index contributed by atoms with van der Waals surface area (Å²) in [6.07, 6.45) is 0.435. The van der Waals surface area contributed by atoms with Crippen LogP contribution in [-0.4, -0.2) is 15.5 Å². The molecule has 5 heteroatoms. The third-order valence-corrected chi connectivity index (χ3v) is 2.51. The molecule has 0 aliphatic heterocycles. The van der Waals surface area contributed by atoms with Gasteiger partial charge in [0.2, 0.25) is 5.91 Å². The highest BCUT2D eigenvalue weighted by Crippen LogP contribution is 2.16. The van der Waals surface area contributed by atoms with Crippen molar-refractivity contribution in [2.75, 3.05) is 5.32 Å². The smallest absolute Gasteiger partial charge is 0.326 e. The average molecular weight is 219 g/mol. The van der Waals surface area contributed by atoms with Crippen LogP contribution in [0.5, 0.6) is 0 Å². The number of benzene rings is 1. The molecule has 1 aromatic heterocycles. The highest BCUT2D eigenvalue weighted by molar-refractivity contribution is 5.92. The van der Waals surface area contributed by atoms with Gasteiger partial charge in [0.15, 0.2) is 0 Å². The number of carbonyl (C=O) groups is 1. The molecule has 0 saturated carbocycles. The summed E-state index contributed by atoms with van der Waals surface area (Å²) in [5.74, 6) is -0.0418. The van der Waals surface area contributed by atoms with Crippen molar-refractivity contribution >= 4 is 22.6 Å². The van der Waals surface area contributed by atoms with E-state index in [1.54, 1.807) is 32.2 Å². The van der Waals surface area contributed by atoms with E-state index in [0.717, 1.165) is 11.0 Å². The molecule has 0 spiro atoms. The van der Waals surface area contributed by atoms with Gasteiger partial charge in [0.05, 0.1) is 11.0 Å². The largest absolute Gasteiger partial charge is 0.326 e. The van der Waals surface area contributed by atoms with E-state index in [0.29, 0.717) is 12.1 Å². The number of anilines is 1. The first kappa shape index (κ1) is 10.5. The number of fused-ring (bicyclic) bond motifs is 1. The van der Waals surface area contributed by atoms with Gasteiger partial charge in [-0.3, -0.25) is 9.36 Å². The van der Waals surface area contributed by atoms with Crippen LogP contribution in [0, 0.1) is 0 Å². The minimum atomic E-state index is -0.158. The van der Waals surface area contributed by atoms with E-state index in [-0.39, 0.29) is 11.6 Å². The van der Waals surface area contributed by atoms with E-state index in [9.17, 15) is 9.59 Å². The quantitative estimate of drug-likeness (QED) is 0.797. The van der Waals surface area contributed by atoms with E-state index in [1.165, 1.54) is 4.57 Å². The summed E-state index contributed by atoms with van der Waals surface area (Å²) in [5, 5.41) is 2.75. The zero-order chi connectivity index (χ0) is 11.7. The summed E-state index contributed by atoms with van der Waals surface area (Å²) in [4.78, 5) is 25.3. The van der Waals surface area contributed by atoms with Crippen LogP contribution in [0.3, 0.4) is 0 Å². The van der Waals surface area contributed by atoms with Crippen LogP contribution in [0.15, 0.2) is 23.0 Å². The first-order chi connectivity index (χ1) is 7.61. The van der Waals surface area contributed by atoms with Crippen LogP contribution < -0.4 is 11.0 Å². The van der Waals surface area contributed by atoms with Crippen LogP contribution in [0.4, 0.5) is 5.69 Å². The van der Waals surface area contributed by atoms with Gasteiger partial charge < -0.3 is 10.3 Å². The molecule has 0 saturated heterocycles. The van der Waals surface area contributed by atoms with E-state index >= 15 is 0 Å². The van der Waals surface area contributed by atoms with Crippen molar-refractivity contribution in [1.29, 1.82) is 0 Å². The Labute approximate surface area is 92.1 Å². The molecule has 2 aromatic rings. The number of amides is 1. The van der Waals surface area contributed by atoms with Gasteiger partial charge in [-0.2, -0.15) is 0 Å². The Hall–Kier alpha value is -2.04. The number of nitrogens with zero attached hydrogens (tertiary/aromatic N) is 1. The molecule has 16 heavy (non-hydrogen) atoms. The number of rotatable bonds is 2. The molecular weight excluding hydrogens is 206 g/mol. The molecule has 0 aliphatic rings. The van der Waals surface area contributed by atoms with Gasteiger partial charge in [-0.05, 0) is 18.2 Å². The Morgan fingerprint density at radius 2 is 2.25 bits per heavy atom. The molecule has 0 aliphatic carbocycles. The molecule has 1 amide bonds. The molecule has 0 radical (unpaired) electrons. The lowest BCUT2D eigenvalue weighted by atomic mass is 10.2. The number of H-pyrrole nitrogens is 1. The van der Waals surface area contributed by atoms with Crippen molar-refractivity contribution in [3.63, 3.8) is 0 Å². The molecule has 84 valence electrons. The number of aromatic nitrogens is 2. The van der Waals surface area contributed by atoms with Crippen molar-refractivity contribution in [2.24, 2.45) is 7.05 Å². The fourth-order valence-corrected chi connectivity index (χ4v) is 1.55. The number of nitrogens with one attached hydrogen (secondary N) is 2. The van der Waals surface area contributed by atoms with Gasteiger partial charge in [0.25, 0.3) is 0 Å². The highest BCUT2D eigenvalue weighted by Gasteiger charge is 2.05. The van der Waals surface area contributed by atoms with Crippen molar-refractivity contribution in [3.8, 4) is 0 Å². The van der Waals surface area contributed by atoms with E-state index in [2.05, 4.69) is 10.3 Å². The number of aryl methyl sites for hydroxylation is 1. The normalized spacial score (nSPS) is 10.6. The molecular formula is C11H13N3O2. The fraction of sp³-hybridized carbons (Fsp3) is 0.273. The average Bonchev–Trinajstić information content (AvgIpc) is 2.55. The van der Waals surface area contributed by atoms with Crippen LogP contribution in [0.2, 0.25) is 0 Å². The third kappa shape index (κ3) is 1.71. The monoisotopic (exact) mass is 219 g/mol. The van der Waals surface area contributed by atoms with Gasteiger partial charge in [0, 0.05) is 19.2 Å². The number of carbonyl (C=O) groups excluding carboxylic acids is 1. The second kappa shape index (κ2) is 3.84. The molecule has 0 fully saturated rings. The van der Waals surface area contributed by atoms with Crippen LogP contribution in [0.25, 0.3) is 11.0 Å². The second-order valence-electron chi connectivity index (χ2n) is 3.62. The predicted octanol–water partition coefficient (Wildman–Crippen LogP) is 1.22. The summed E-state index contributed by atoms with van der Waals surface area (Å²) in [7, 11) is 1.69. The third-order valence-electron chi connectivity index (χ3n) is 2.51. The van der Waals surface area contributed by atoms with Crippen LogP contribution in [-0.2, 0) is 11.8 Å². The lowest BCUT2D eigenvalue weighted by Crippen LogP contribution is -2.12. The number of aromatic amines is 1. The summed E-state index contributed by atoms with van der Waals surface area (Å²) in [6, 6.07) is 5.33. The Bertz CT molecular complexity index is 595. The second-order valence-corrected chi connectivity index (χ2v) is 3.62. The lowest BCUT2D eigenvalue weighted by molar-refractivity contribution is -0.115. The summed E-state index contributed by atoms with van der Waals surface area (Å²) in [5.41, 5.74) is 2.09. The number of hydrogen-bond donors (Lipinski definition) is 2. The van der Waals surface area contributed by atoms with Gasteiger partial charge in [0.1, 0.15) is 0 Å². The zero-order valence-corrected chi connectivity index (χ0v) is 9.20. The molecule has 0 atom stereocenters. The molecule has 2 N–H and O–H groups in total. The van der Waals surface area contributed by atoms with Crippen molar-refractivity contribution in [1.82, 2.24) is 9.55 Å². The van der Waals surface area contributed by atoms with Crippen LogP contribution >= 0.6 is 0 Å². The van der Waals surface area contributed by atoms with E-state index < -0.39 is 0 Å². The van der Waals surface area contributed by atoms with Gasteiger partial charge in [-0.25, -0.2) is 4.79 Å². The van der Waals surface area contributed by atoms with Crippen LogP contribution in [0.1, 0.15) is 13.3 Å². The minimum absolute atomic E-state index is 0.0418. The Kier molecular flexibility index (Phi) is 2.52. The number of hydrogen-bond acceptors (Lipinski definition) is 2. The Morgan fingerprint density at radius 3 is 2.94 bits per heavy atom. The van der Waals surface area contributed by atoms with Crippen molar-refractivity contribution < 1.29 is 4.79 Å². The standard InChI is InChI=1S/C11H13N3O2/c1-3-10(15)12-7-4-5-8-9(6-7)14(2)11(16)13-8/h4-6H,3H2,1-2H3,(H,12,15)(H,13,16). The highest BCUT2D eigenvalue weighted by atomic mass is 16.2. The van der Waals surface area contributed by atoms with Crippen molar-refractivity contribution in [2.45, 2.75) is 13.3 Å². The molecule has 2 rings (SSSR count). The molecule has 1 aromatic carbocycles. The van der Waals surface area contributed by atoms with Crippen molar-refractivity contribution in [3.05, 3.63) is 28.7 Å². The molecule has 0 unspecified atom stereocenters. The molecule has 0 bridgehead atoms.